The van der Waals surface area contributed by atoms with Crippen LogP contribution in [0.4, 0.5) is 0 Å². The van der Waals surface area contributed by atoms with Gasteiger partial charge in [-0.05, 0) is 32.3 Å². The van der Waals surface area contributed by atoms with Crippen molar-refractivity contribution in [1.29, 1.82) is 0 Å². The topological polar surface area (TPSA) is 43.8 Å². The van der Waals surface area contributed by atoms with Gasteiger partial charge in [-0.3, -0.25) is 4.68 Å². The molecule has 2 rings (SSSR count). The van der Waals surface area contributed by atoms with Gasteiger partial charge in [0.05, 0.1) is 6.20 Å². The molecule has 3 heteroatoms. The zero-order chi connectivity index (χ0) is 9.42. The van der Waals surface area contributed by atoms with Crippen molar-refractivity contribution in [3.63, 3.8) is 0 Å². The summed E-state index contributed by atoms with van der Waals surface area (Å²) in [7, 11) is 0. The first-order valence-electron chi connectivity index (χ1n) is 4.99. The summed E-state index contributed by atoms with van der Waals surface area (Å²) in [5.74, 6) is 0. The van der Waals surface area contributed by atoms with Gasteiger partial charge in [0, 0.05) is 24.2 Å². The summed E-state index contributed by atoms with van der Waals surface area (Å²) in [4.78, 5) is 0. The van der Waals surface area contributed by atoms with Crippen molar-refractivity contribution in [2.45, 2.75) is 45.2 Å². The zero-order valence-electron chi connectivity index (χ0n) is 8.33. The minimum absolute atomic E-state index is 0.335. The number of aryl methyl sites for hydroxylation is 1. The average molecular weight is 179 g/mol. The van der Waals surface area contributed by atoms with Crippen molar-refractivity contribution in [3.8, 4) is 0 Å². The Kier molecular flexibility index (Phi) is 2.12. The fourth-order valence-electron chi connectivity index (χ4n) is 1.99. The van der Waals surface area contributed by atoms with E-state index in [2.05, 4.69) is 23.6 Å². The lowest BCUT2D eigenvalue weighted by molar-refractivity contribution is 0.476. The highest BCUT2D eigenvalue weighted by atomic mass is 15.3. The lowest BCUT2D eigenvalue weighted by atomic mass is 9.94. The molecular formula is C10H17N3. The maximum Gasteiger partial charge on any atom is 0.0524 e. The summed E-state index contributed by atoms with van der Waals surface area (Å²) in [6.45, 7) is 4.32. The van der Waals surface area contributed by atoms with Gasteiger partial charge in [0.15, 0.2) is 0 Å². The second-order valence-electron chi connectivity index (χ2n) is 4.16. The number of hydrogen-bond acceptors (Lipinski definition) is 2. The lowest BCUT2D eigenvalue weighted by Crippen LogP contribution is -2.29. The molecule has 0 saturated carbocycles. The third-order valence-corrected chi connectivity index (χ3v) is 2.71. The fraction of sp³-hybridized carbons (Fsp3) is 0.700. The molecule has 0 aromatic carbocycles. The van der Waals surface area contributed by atoms with Crippen LogP contribution in [0.3, 0.4) is 0 Å². The van der Waals surface area contributed by atoms with Crippen LogP contribution in [0.2, 0.25) is 0 Å². The minimum Gasteiger partial charge on any atom is -0.327 e. The largest absolute Gasteiger partial charge is 0.327 e. The average Bonchev–Trinajstić information content (AvgIpc) is 2.46. The summed E-state index contributed by atoms with van der Waals surface area (Å²) < 4.78 is 2.11. The van der Waals surface area contributed by atoms with Gasteiger partial charge in [0.1, 0.15) is 0 Å². The first-order valence-corrected chi connectivity index (χ1v) is 4.99. The van der Waals surface area contributed by atoms with Gasteiger partial charge in [-0.25, -0.2) is 0 Å². The second-order valence-corrected chi connectivity index (χ2v) is 4.16. The summed E-state index contributed by atoms with van der Waals surface area (Å²) in [6.07, 6.45) is 5.20. The van der Waals surface area contributed by atoms with Crippen LogP contribution in [0.1, 0.15) is 37.6 Å². The van der Waals surface area contributed by atoms with E-state index >= 15 is 0 Å². The summed E-state index contributed by atoms with van der Waals surface area (Å²) in [6, 6.07) is 0.788. The standard InChI is InChI=1S/C10H17N3/c1-7(2)13-10-5-9(11)4-3-8(10)6-12-13/h6-7,9H,3-5,11H2,1-2H3/t9-/m1/s1. The van der Waals surface area contributed by atoms with E-state index < -0.39 is 0 Å². The molecule has 0 fully saturated rings. The normalized spacial score (nSPS) is 22.0. The highest BCUT2D eigenvalue weighted by Gasteiger charge is 2.20. The number of rotatable bonds is 1. The Morgan fingerprint density at radius 2 is 2.38 bits per heavy atom. The minimum atomic E-state index is 0.335. The van der Waals surface area contributed by atoms with Crippen LogP contribution >= 0.6 is 0 Å². The second kappa shape index (κ2) is 3.14. The monoisotopic (exact) mass is 179 g/mol. The van der Waals surface area contributed by atoms with Crippen molar-refractivity contribution in [2.24, 2.45) is 5.73 Å². The third kappa shape index (κ3) is 1.48. The molecule has 72 valence electrons. The van der Waals surface area contributed by atoms with Crippen molar-refractivity contribution in [3.05, 3.63) is 17.5 Å². The van der Waals surface area contributed by atoms with Crippen molar-refractivity contribution in [2.75, 3.05) is 0 Å². The van der Waals surface area contributed by atoms with Gasteiger partial charge in [0.25, 0.3) is 0 Å². The number of aromatic nitrogens is 2. The van der Waals surface area contributed by atoms with Gasteiger partial charge in [-0.2, -0.15) is 5.10 Å². The Morgan fingerprint density at radius 3 is 3.08 bits per heavy atom. The fourth-order valence-corrected chi connectivity index (χ4v) is 1.99. The molecule has 1 atom stereocenters. The Labute approximate surface area is 78.9 Å². The molecule has 0 unspecified atom stereocenters. The van der Waals surface area contributed by atoms with Gasteiger partial charge in [-0.15, -0.1) is 0 Å². The van der Waals surface area contributed by atoms with E-state index in [0.29, 0.717) is 12.1 Å². The van der Waals surface area contributed by atoms with Crippen LogP contribution in [0.25, 0.3) is 0 Å². The summed E-state index contributed by atoms with van der Waals surface area (Å²) in [5.41, 5.74) is 8.69. The Bertz CT molecular complexity index is 301. The molecule has 3 nitrogen and oxygen atoms in total. The molecule has 1 aromatic rings. The van der Waals surface area contributed by atoms with E-state index in [0.717, 1.165) is 19.3 Å². The Hall–Kier alpha value is -0.830. The van der Waals surface area contributed by atoms with E-state index in [1.807, 2.05) is 6.20 Å². The van der Waals surface area contributed by atoms with E-state index in [-0.39, 0.29) is 0 Å². The summed E-state index contributed by atoms with van der Waals surface area (Å²) in [5, 5.41) is 4.39. The van der Waals surface area contributed by atoms with E-state index in [4.69, 9.17) is 5.73 Å². The van der Waals surface area contributed by atoms with Gasteiger partial charge in [-0.1, -0.05) is 0 Å². The van der Waals surface area contributed by atoms with Crippen molar-refractivity contribution in [1.82, 2.24) is 9.78 Å². The van der Waals surface area contributed by atoms with Crippen LogP contribution < -0.4 is 5.73 Å². The van der Waals surface area contributed by atoms with Gasteiger partial charge >= 0.3 is 0 Å². The maximum atomic E-state index is 5.94. The molecule has 13 heavy (non-hydrogen) atoms. The zero-order valence-corrected chi connectivity index (χ0v) is 8.33. The number of fused-ring (bicyclic) bond motifs is 1. The maximum absolute atomic E-state index is 5.94. The van der Waals surface area contributed by atoms with Crippen molar-refractivity contribution >= 4 is 0 Å². The van der Waals surface area contributed by atoms with Gasteiger partial charge in [0.2, 0.25) is 0 Å². The molecule has 0 amide bonds. The molecule has 1 aliphatic rings. The molecule has 0 aliphatic heterocycles. The predicted octanol–water partition coefficient (Wildman–Crippen LogP) is 1.28. The molecule has 0 radical (unpaired) electrons. The van der Waals surface area contributed by atoms with Crippen LogP contribution in [-0.4, -0.2) is 15.8 Å². The molecule has 0 bridgehead atoms. The number of nitrogens with two attached hydrogens (primary N) is 1. The van der Waals surface area contributed by atoms with E-state index in [1.165, 1.54) is 11.3 Å². The van der Waals surface area contributed by atoms with Crippen LogP contribution in [0, 0.1) is 0 Å². The highest BCUT2D eigenvalue weighted by Crippen LogP contribution is 2.22. The molecule has 0 saturated heterocycles. The van der Waals surface area contributed by atoms with E-state index in [9.17, 15) is 0 Å². The van der Waals surface area contributed by atoms with Crippen LogP contribution in [-0.2, 0) is 12.8 Å². The highest BCUT2D eigenvalue weighted by molar-refractivity contribution is 5.22. The Morgan fingerprint density at radius 1 is 1.62 bits per heavy atom. The lowest BCUT2D eigenvalue weighted by Gasteiger charge is -2.20. The Balaban J connectivity index is 2.35. The third-order valence-electron chi connectivity index (χ3n) is 2.71. The quantitative estimate of drug-likeness (QED) is 0.705. The number of nitrogens with zero attached hydrogens (tertiary/aromatic N) is 2. The van der Waals surface area contributed by atoms with Crippen LogP contribution in [0.15, 0.2) is 6.20 Å². The molecule has 2 N–H and O–H groups in total. The molecule has 1 heterocycles. The first-order chi connectivity index (χ1) is 6.18. The molecule has 1 aromatic heterocycles. The first kappa shape index (κ1) is 8.75. The van der Waals surface area contributed by atoms with E-state index in [1.54, 1.807) is 0 Å². The molecule has 1 aliphatic carbocycles. The number of hydrogen-bond donors (Lipinski definition) is 1. The van der Waals surface area contributed by atoms with Crippen molar-refractivity contribution < 1.29 is 0 Å². The molecular weight excluding hydrogens is 162 g/mol. The predicted molar refractivity (Wildman–Crippen MR) is 52.6 cm³/mol. The SMILES string of the molecule is CC(C)n1ncc2c1C[C@H](N)CC2. The smallest absolute Gasteiger partial charge is 0.0524 e. The summed E-state index contributed by atoms with van der Waals surface area (Å²) >= 11 is 0. The molecule has 0 spiro atoms. The van der Waals surface area contributed by atoms with Crippen LogP contribution in [0.5, 0.6) is 0 Å². The van der Waals surface area contributed by atoms with Gasteiger partial charge < -0.3 is 5.73 Å².